The molecular weight excluding hydrogens is 388 g/mol. The zero-order valence-corrected chi connectivity index (χ0v) is 18.7. The Balaban J connectivity index is 2.04. The third kappa shape index (κ3) is 11.3. The molecule has 166 valence electrons. The van der Waals surface area contributed by atoms with Crippen LogP contribution < -0.4 is 4.72 Å². The number of benzene rings is 1. The topological polar surface area (TPSA) is 89.3 Å². The number of rotatable bonds is 18. The molecule has 0 saturated carbocycles. The van der Waals surface area contributed by atoms with Crippen molar-refractivity contribution >= 4 is 15.7 Å². The Hall–Kier alpha value is -1.47. The van der Waals surface area contributed by atoms with Crippen LogP contribution in [-0.4, -0.2) is 19.9 Å². The fourth-order valence-electron chi connectivity index (χ4n) is 3.44. The lowest BCUT2D eigenvalue weighted by Gasteiger charge is -2.07. The lowest BCUT2D eigenvalue weighted by Crippen LogP contribution is -2.25. The molecule has 0 aromatic heterocycles. The standard InChI is InChI=1S/C22H38N2O4S/c1-2-3-4-5-6-7-8-9-10-11-12-13-14-17-20-23-29(27,28)22-19-16-15-18-21(22)24(25)26/h15-16,18-19,23H,2-14,17,20H2,1H3. The van der Waals surface area contributed by atoms with Crippen LogP contribution in [0.25, 0.3) is 0 Å². The van der Waals surface area contributed by atoms with Gasteiger partial charge >= 0.3 is 0 Å². The highest BCUT2D eigenvalue weighted by Gasteiger charge is 2.24. The minimum Gasteiger partial charge on any atom is -0.258 e. The third-order valence-electron chi connectivity index (χ3n) is 5.17. The smallest absolute Gasteiger partial charge is 0.258 e. The summed E-state index contributed by atoms with van der Waals surface area (Å²) in [5.74, 6) is 0. The van der Waals surface area contributed by atoms with Gasteiger partial charge in [0.2, 0.25) is 10.0 Å². The second-order valence-corrected chi connectivity index (χ2v) is 9.45. The summed E-state index contributed by atoms with van der Waals surface area (Å²) in [5.41, 5.74) is -0.388. The number of nitro groups is 1. The van der Waals surface area contributed by atoms with Crippen LogP contribution in [-0.2, 0) is 10.0 Å². The van der Waals surface area contributed by atoms with Gasteiger partial charge in [0.15, 0.2) is 4.90 Å². The van der Waals surface area contributed by atoms with Gasteiger partial charge in [-0.05, 0) is 12.5 Å². The molecule has 1 aromatic carbocycles. The van der Waals surface area contributed by atoms with Gasteiger partial charge in [0, 0.05) is 12.6 Å². The maximum atomic E-state index is 12.3. The maximum absolute atomic E-state index is 12.3. The Labute approximate surface area is 176 Å². The third-order valence-corrected chi connectivity index (χ3v) is 6.68. The molecule has 1 aromatic rings. The molecule has 0 heterocycles. The fraction of sp³-hybridized carbons (Fsp3) is 0.727. The summed E-state index contributed by atoms with van der Waals surface area (Å²) in [6.45, 7) is 2.56. The van der Waals surface area contributed by atoms with Crippen LogP contribution in [0.15, 0.2) is 29.2 Å². The molecule has 0 aliphatic heterocycles. The van der Waals surface area contributed by atoms with Crippen molar-refractivity contribution in [3.63, 3.8) is 0 Å². The van der Waals surface area contributed by atoms with E-state index in [1.165, 1.54) is 94.9 Å². The normalized spacial score (nSPS) is 11.6. The molecule has 1 N–H and O–H groups in total. The van der Waals surface area contributed by atoms with Crippen molar-refractivity contribution in [2.24, 2.45) is 0 Å². The van der Waals surface area contributed by atoms with E-state index in [9.17, 15) is 18.5 Å². The molecule has 0 saturated heterocycles. The summed E-state index contributed by atoms with van der Waals surface area (Å²) >= 11 is 0. The molecular formula is C22H38N2O4S. The van der Waals surface area contributed by atoms with Crippen molar-refractivity contribution in [3.8, 4) is 0 Å². The summed E-state index contributed by atoms with van der Waals surface area (Å²) in [5, 5.41) is 11.0. The molecule has 0 aliphatic carbocycles. The summed E-state index contributed by atoms with van der Waals surface area (Å²) in [7, 11) is -3.85. The van der Waals surface area contributed by atoms with E-state index in [2.05, 4.69) is 11.6 Å². The highest BCUT2D eigenvalue weighted by molar-refractivity contribution is 7.89. The number of unbranched alkanes of at least 4 members (excludes halogenated alkanes) is 13. The molecule has 0 aliphatic rings. The van der Waals surface area contributed by atoms with Gasteiger partial charge < -0.3 is 0 Å². The lowest BCUT2D eigenvalue weighted by atomic mass is 10.0. The van der Waals surface area contributed by atoms with E-state index in [-0.39, 0.29) is 10.6 Å². The van der Waals surface area contributed by atoms with Crippen molar-refractivity contribution in [3.05, 3.63) is 34.4 Å². The average Bonchev–Trinajstić information content (AvgIpc) is 2.70. The summed E-state index contributed by atoms with van der Waals surface area (Å²) in [4.78, 5) is 10.1. The molecule has 0 spiro atoms. The second-order valence-electron chi connectivity index (χ2n) is 7.72. The fourth-order valence-corrected chi connectivity index (χ4v) is 4.68. The molecule has 0 atom stereocenters. The second kappa shape index (κ2) is 15.4. The van der Waals surface area contributed by atoms with Crippen LogP contribution in [0, 0.1) is 10.1 Å². The summed E-state index contributed by atoms with van der Waals surface area (Å²) in [6.07, 6.45) is 17.4. The zero-order chi connectivity index (χ0) is 21.4. The number of nitrogens with one attached hydrogen (secondary N) is 1. The van der Waals surface area contributed by atoms with Crippen LogP contribution in [0.2, 0.25) is 0 Å². The van der Waals surface area contributed by atoms with Crippen molar-refractivity contribution in [1.82, 2.24) is 4.72 Å². The van der Waals surface area contributed by atoms with E-state index in [0.29, 0.717) is 6.54 Å². The number of nitrogens with zero attached hydrogens (tertiary/aromatic N) is 1. The van der Waals surface area contributed by atoms with Crippen molar-refractivity contribution in [2.75, 3.05) is 6.54 Å². The van der Waals surface area contributed by atoms with E-state index in [1.807, 2.05) is 0 Å². The van der Waals surface area contributed by atoms with E-state index in [4.69, 9.17) is 0 Å². The Kier molecular flexibility index (Phi) is 13.6. The highest BCUT2D eigenvalue weighted by atomic mass is 32.2. The predicted octanol–water partition coefficient (Wildman–Crippen LogP) is 6.35. The van der Waals surface area contributed by atoms with Gasteiger partial charge in [0.05, 0.1) is 4.92 Å². The van der Waals surface area contributed by atoms with Gasteiger partial charge in [0.25, 0.3) is 5.69 Å². The summed E-state index contributed by atoms with van der Waals surface area (Å²) < 4.78 is 27.0. The van der Waals surface area contributed by atoms with Crippen LogP contribution in [0.1, 0.15) is 96.8 Å². The molecule has 0 unspecified atom stereocenters. The SMILES string of the molecule is CCCCCCCCCCCCCCCCNS(=O)(=O)c1ccccc1[N+](=O)[O-]. The molecule has 6 nitrogen and oxygen atoms in total. The number of hydrogen-bond donors (Lipinski definition) is 1. The molecule has 0 amide bonds. The van der Waals surface area contributed by atoms with Gasteiger partial charge in [-0.1, -0.05) is 103 Å². The molecule has 0 fully saturated rings. The van der Waals surface area contributed by atoms with Crippen LogP contribution >= 0.6 is 0 Å². The maximum Gasteiger partial charge on any atom is 0.289 e. The van der Waals surface area contributed by atoms with Crippen LogP contribution in [0.5, 0.6) is 0 Å². The zero-order valence-electron chi connectivity index (χ0n) is 17.9. The van der Waals surface area contributed by atoms with E-state index in [1.54, 1.807) is 0 Å². The highest BCUT2D eigenvalue weighted by Crippen LogP contribution is 2.22. The first-order valence-electron chi connectivity index (χ1n) is 11.2. The van der Waals surface area contributed by atoms with Gasteiger partial charge in [-0.3, -0.25) is 10.1 Å². The van der Waals surface area contributed by atoms with E-state index >= 15 is 0 Å². The Morgan fingerprint density at radius 3 is 1.72 bits per heavy atom. The van der Waals surface area contributed by atoms with Crippen molar-refractivity contribution in [1.29, 1.82) is 0 Å². The lowest BCUT2D eigenvalue weighted by molar-refractivity contribution is -0.387. The molecule has 7 heteroatoms. The van der Waals surface area contributed by atoms with Gasteiger partial charge in [-0.2, -0.15) is 0 Å². The average molecular weight is 427 g/mol. The van der Waals surface area contributed by atoms with Gasteiger partial charge in [-0.25, -0.2) is 13.1 Å². The van der Waals surface area contributed by atoms with E-state index < -0.39 is 14.9 Å². The Morgan fingerprint density at radius 1 is 0.793 bits per heavy atom. The first-order valence-corrected chi connectivity index (χ1v) is 12.7. The number of para-hydroxylation sites is 1. The Morgan fingerprint density at radius 2 is 1.24 bits per heavy atom. The predicted molar refractivity (Wildman–Crippen MR) is 119 cm³/mol. The first-order chi connectivity index (χ1) is 14.0. The van der Waals surface area contributed by atoms with E-state index in [0.717, 1.165) is 19.3 Å². The van der Waals surface area contributed by atoms with Gasteiger partial charge in [-0.15, -0.1) is 0 Å². The quantitative estimate of drug-likeness (QED) is 0.168. The number of hydrogen-bond acceptors (Lipinski definition) is 4. The minimum atomic E-state index is -3.85. The van der Waals surface area contributed by atoms with Gasteiger partial charge in [0.1, 0.15) is 0 Å². The van der Waals surface area contributed by atoms with Crippen LogP contribution in [0.3, 0.4) is 0 Å². The molecule has 1 rings (SSSR count). The Bertz CT molecular complexity index is 677. The van der Waals surface area contributed by atoms with Crippen molar-refractivity contribution in [2.45, 2.75) is 102 Å². The summed E-state index contributed by atoms with van der Waals surface area (Å²) in [6, 6.07) is 5.44. The monoisotopic (exact) mass is 426 g/mol. The number of nitro benzene ring substituents is 1. The number of sulfonamides is 1. The molecule has 0 bridgehead atoms. The van der Waals surface area contributed by atoms with Crippen LogP contribution in [0.4, 0.5) is 5.69 Å². The van der Waals surface area contributed by atoms with Crippen molar-refractivity contribution < 1.29 is 13.3 Å². The first kappa shape index (κ1) is 25.6. The largest absolute Gasteiger partial charge is 0.289 e. The molecule has 29 heavy (non-hydrogen) atoms. The molecule has 0 radical (unpaired) electrons. The minimum absolute atomic E-state index is 0.268.